The molecule has 2 nitrogen and oxygen atoms in total. The third-order valence-electron chi connectivity index (χ3n) is 7.91. The number of nitrogens with zero attached hydrogens (tertiary/aromatic N) is 2. The maximum Gasteiger partial charge on any atom is 0.0361 e. The number of anilines is 1. The first-order chi connectivity index (χ1) is 17.0. The second-order valence-corrected chi connectivity index (χ2v) is 10.8. The highest BCUT2D eigenvalue weighted by atomic mass is 15.1. The maximum absolute atomic E-state index is 4.75. The zero-order valence-electron chi connectivity index (χ0n) is 22.4. The smallest absolute Gasteiger partial charge is 0.0361 e. The number of allylic oxidation sites excluding steroid dienone is 4. The van der Waals surface area contributed by atoms with E-state index in [0.717, 1.165) is 6.54 Å². The highest BCUT2D eigenvalue weighted by Crippen LogP contribution is 2.38. The second-order valence-electron chi connectivity index (χ2n) is 10.8. The molecule has 0 aromatic heterocycles. The summed E-state index contributed by atoms with van der Waals surface area (Å²) in [6.07, 6.45) is 17.0. The van der Waals surface area contributed by atoms with Crippen LogP contribution in [-0.2, 0) is 12.8 Å². The topological polar surface area (TPSA) is 6.48 Å². The third-order valence-corrected chi connectivity index (χ3v) is 7.91. The Kier molecular flexibility index (Phi) is 8.55. The summed E-state index contributed by atoms with van der Waals surface area (Å²) in [5, 5.41) is 0. The molecule has 0 bridgehead atoms. The van der Waals surface area contributed by atoms with Gasteiger partial charge < -0.3 is 9.80 Å². The molecule has 2 heteroatoms. The van der Waals surface area contributed by atoms with Crippen LogP contribution in [0.3, 0.4) is 0 Å². The van der Waals surface area contributed by atoms with Gasteiger partial charge in [-0.2, -0.15) is 0 Å². The number of aryl methyl sites for hydroxylation is 2. The Hall–Kier alpha value is -2.74. The Bertz CT molecular complexity index is 1060. The van der Waals surface area contributed by atoms with Crippen LogP contribution in [0.25, 0.3) is 5.57 Å². The molecule has 0 radical (unpaired) electrons. The van der Waals surface area contributed by atoms with Gasteiger partial charge in [-0.25, -0.2) is 0 Å². The Labute approximate surface area is 214 Å². The lowest BCUT2D eigenvalue weighted by atomic mass is 9.77. The van der Waals surface area contributed by atoms with Gasteiger partial charge in [-0.1, -0.05) is 80.8 Å². The number of hydrogen-bond donors (Lipinski definition) is 0. The van der Waals surface area contributed by atoms with Crippen LogP contribution in [0.5, 0.6) is 0 Å². The normalized spacial score (nSPS) is 21.5. The maximum atomic E-state index is 4.75. The molecule has 2 aliphatic rings. The fourth-order valence-electron chi connectivity index (χ4n) is 5.54. The van der Waals surface area contributed by atoms with Gasteiger partial charge >= 0.3 is 0 Å². The summed E-state index contributed by atoms with van der Waals surface area (Å²) in [6, 6.07) is 16.2. The van der Waals surface area contributed by atoms with Crippen molar-refractivity contribution >= 4 is 11.3 Å². The Morgan fingerprint density at radius 1 is 1.03 bits per heavy atom. The molecule has 0 saturated heterocycles. The SMILES string of the molecule is C=C(C1/C=C\C(c2ccc(N(C)C)cc2)=C/N(C)CCCCC1)C(CCC)c1ccc2c(c1)CC2. The fourth-order valence-corrected chi connectivity index (χ4v) is 5.54. The van der Waals surface area contributed by atoms with Crippen molar-refractivity contribution in [2.75, 3.05) is 32.6 Å². The molecule has 2 unspecified atom stereocenters. The minimum absolute atomic E-state index is 0.408. The molecule has 1 aliphatic carbocycles. The van der Waals surface area contributed by atoms with E-state index in [4.69, 9.17) is 6.58 Å². The van der Waals surface area contributed by atoms with Crippen molar-refractivity contribution in [1.29, 1.82) is 0 Å². The van der Waals surface area contributed by atoms with Gasteiger partial charge in [0, 0.05) is 45.5 Å². The van der Waals surface area contributed by atoms with Gasteiger partial charge in [-0.15, -0.1) is 0 Å². The summed E-state index contributed by atoms with van der Waals surface area (Å²) in [5.41, 5.74) is 9.77. The summed E-state index contributed by atoms with van der Waals surface area (Å²) in [4.78, 5) is 4.51. The van der Waals surface area contributed by atoms with E-state index in [9.17, 15) is 0 Å². The summed E-state index contributed by atoms with van der Waals surface area (Å²) < 4.78 is 0. The van der Waals surface area contributed by atoms with E-state index in [-0.39, 0.29) is 0 Å². The number of fused-ring (bicyclic) bond motifs is 1. The number of hydrogen-bond acceptors (Lipinski definition) is 2. The Morgan fingerprint density at radius 3 is 2.46 bits per heavy atom. The molecular weight excluding hydrogens is 424 g/mol. The van der Waals surface area contributed by atoms with Crippen LogP contribution in [0.15, 0.2) is 73.0 Å². The Balaban J connectivity index is 1.62. The monoisotopic (exact) mass is 468 g/mol. The van der Waals surface area contributed by atoms with Crippen molar-refractivity contribution in [1.82, 2.24) is 4.90 Å². The second kappa shape index (κ2) is 11.8. The van der Waals surface area contributed by atoms with Crippen LogP contribution in [0.2, 0.25) is 0 Å². The quantitative estimate of drug-likeness (QED) is 0.380. The van der Waals surface area contributed by atoms with Crippen molar-refractivity contribution in [3.8, 4) is 0 Å². The lowest BCUT2D eigenvalue weighted by molar-refractivity contribution is 0.428. The third kappa shape index (κ3) is 6.28. The highest BCUT2D eigenvalue weighted by Gasteiger charge is 2.23. The molecule has 1 heterocycles. The first kappa shape index (κ1) is 25.4. The largest absolute Gasteiger partial charge is 0.380 e. The van der Waals surface area contributed by atoms with Crippen LogP contribution in [-0.4, -0.2) is 32.6 Å². The molecule has 0 spiro atoms. The van der Waals surface area contributed by atoms with Crippen molar-refractivity contribution in [3.05, 3.63) is 95.2 Å². The summed E-state index contributed by atoms with van der Waals surface area (Å²) >= 11 is 0. The van der Waals surface area contributed by atoms with E-state index >= 15 is 0 Å². The predicted molar refractivity (Wildman–Crippen MR) is 153 cm³/mol. The fraction of sp³-hybridized carbons (Fsp3) is 0.455. The molecular formula is C33H44N2. The van der Waals surface area contributed by atoms with Crippen LogP contribution >= 0.6 is 0 Å². The first-order valence-corrected chi connectivity index (χ1v) is 13.6. The molecule has 35 heavy (non-hydrogen) atoms. The Morgan fingerprint density at radius 2 is 1.80 bits per heavy atom. The van der Waals surface area contributed by atoms with Crippen LogP contribution in [0.4, 0.5) is 5.69 Å². The zero-order chi connectivity index (χ0) is 24.8. The first-order valence-electron chi connectivity index (χ1n) is 13.6. The van der Waals surface area contributed by atoms with Crippen LogP contribution < -0.4 is 4.90 Å². The molecule has 0 N–H and O–H groups in total. The van der Waals surface area contributed by atoms with Gasteiger partial charge in [0.05, 0.1) is 0 Å². The van der Waals surface area contributed by atoms with Crippen molar-refractivity contribution in [3.63, 3.8) is 0 Å². The van der Waals surface area contributed by atoms with Crippen molar-refractivity contribution in [2.24, 2.45) is 5.92 Å². The van der Waals surface area contributed by atoms with Gasteiger partial charge in [-0.05, 0) is 78.0 Å². The molecule has 0 amide bonds. The minimum atomic E-state index is 0.408. The molecule has 0 fully saturated rings. The standard InChI is InChI=1S/C33H44N2/c1-6-10-33(30-16-14-27-13-15-29(27)23-30)25(2)26-11-8-7-9-22-35(5)24-31(17-12-26)28-18-20-32(21-19-28)34(3)4/h12,14,16-21,23-24,26,33H,2,6-11,13,15,22H2,1,3-5H3/b17-12-,31-24+. The number of rotatable bonds is 7. The lowest BCUT2D eigenvalue weighted by Crippen LogP contribution is -2.14. The lowest BCUT2D eigenvalue weighted by Gasteiger charge is -2.28. The molecule has 186 valence electrons. The molecule has 1 aliphatic heterocycles. The highest BCUT2D eigenvalue weighted by molar-refractivity contribution is 5.75. The van der Waals surface area contributed by atoms with E-state index in [0.29, 0.717) is 11.8 Å². The minimum Gasteiger partial charge on any atom is -0.380 e. The van der Waals surface area contributed by atoms with Crippen LogP contribution in [0, 0.1) is 5.92 Å². The molecule has 2 atom stereocenters. The number of benzene rings is 2. The van der Waals surface area contributed by atoms with Crippen LogP contribution in [0.1, 0.15) is 73.6 Å². The van der Waals surface area contributed by atoms with E-state index in [2.05, 4.69) is 98.7 Å². The van der Waals surface area contributed by atoms with E-state index < -0.39 is 0 Å². The summed E-state index contributed by atoms with van der Waals surface area (Å²) in [6.45, 7) is 8.16. The summed E-state index contributed by atoms with van der Waals surface area (Å²) in [5.74, 6) is 0.852. The van der Waals surface area contributed by atoms with Gasteiger partial charge in [-0.3, -0.25) is 0 Å². The van der Waals surface area contributed by atoms with Crippen molar-refractivity contribution in [2.45, 2.75) is 64.2 Å². The average Bonchev–Trinajstić information content (AvgIpc) is 2.88. The molecule has 0 saturated carbocycles. The zero-order valence-corrected chi connectivity index (χ0v) is 22.4. The van der Waals surface area contributed by atoms with Crippen molar-refractivity contribution < 1.29 is 0 Å². The predicted octanol–water partition coefficient (Wildman–Crippen LogP) is 8.01. The average molecular weight is 469 g/mol. The van der Waals surface area contributed by atoms with Gasteiger partial charge in [0.1, 0.15) is 0 Å². The van der Waals surface area contributed by atoms with E-state index in [1.54, 1.807) is 11.1 Å². The van der Waals surface area contributed by atoms with Gasteiger partial charge in [0.25, 0.3) is 0 Å². The van der Waals surface area contributed by atoms with Gasteiger partial charge in [0.15, 0.2) is 0 Å². The van der Waals surface area contributed by atoms with Gasteiger partial charge in [0.2, 0.25) is 0 Å². The molecule has 2 aromatic rings. The van der Waals surface area contributed by atoms with E-state index in [1.165, 1.54) is 79.3 Å². The molecule has 4 rings (SSSR count). The summed E-state index contributed by atoms with van der Waals surface area (Å²) in [7, 11) is 6.40. The molecule has 2 aromatic carbocycles. The van der Waals surface area contributed by atoms with E-state index in [1.807, 2.05) is 0 Å².